The van der Waals surface area contributed by atoms with E-state index in [1.807, 2.05) is 12.3 Å². The molecule has 0 unspecified atom stereocenters. The Labute approximate surface area is 86.3 Å². The number of nitrogens with zero attached hydrogens (tertiary/aromatic N) is 1. The van der Waals surface area contributed by atoms with Crippen molar-refractivity contribution >= 4 is 5.82 Å². The summed E-state index contributed by atoms with van der Waals surface area (Å²) in [6.45, 7) is 6.18. The quantitative estimate of drug-likeness (QED) is 0.753. The first kappa shape index (κ1) is 11.1. The molecule has 80 valence electrons. The van der Waals surface area contributed by atoms with Crippen molar-refractivity contribution in [2.24, 2.45) is 11.1 Å². The van der Waals surface area contributed by atoms with Gasteiger partial charge >= 0.3 is 0 Å². The molecule has 0 aliphatic carbocycles. The lowest BCUT2D eigenvalue weighted by Crippen LogP contribution is -2.29. The molecule has 0 aliphatic heterocycles. The third-order valence-corrected chi connectivity index (χ3v) is 2.67. The monoisotopic (exact) mass is 195 g/mol. The summed E-state index contributed by atoms with van der Waals surface area (Å²) in [6.07, 6.45) is 3.05. The van der Waals surface area contributed by atoms with Crippen molar-refractivity contribution < 1.29 is 0 Å². The largest absolute Gasteiger partial charge is 0.361 e. The topological polar surface area (TPSA) is 45.0 Å². The Kier molecular flexibility index (Phi) is 3.58. The van der Waals surface area contributed by atoms with Crippen molar-refractivity contribution in [2.45, 2.75) is 20.3 Å². The molecule has 0 amide bonds. The van der Waals surface area contributed by atoms with Crippen LogP contribution in [0.25, 0.3) is 0 Å². The zero-order chi connectivity index (χ0) is 10.6. The lowest BCUT2D eigenvalue weighted by atomic mass is 9.89. The van der Waals surface area contributed by atoms with E-state index in [4.69, 9.17) is 5.73 Å². The number of anilines is 1. The first-order valence-electron chi connectivity index (χ1n) is 5.10. The molecular weight excluding hydrogens is 174 g/mol. The van der Waals surface area contributed by atoms with Gasteiger partial charge in [0.25, 0.3) is 0 Å². The van der Waals surface area contributed by atoms with Gasteiger partial charge in [-0.2, -0.15) is 0 Å². The summed E-state index contributed by atoms with van der Waals surface area (Å²) in [4.78, 5) is 5.41. The van der Waals surface area contributed by atoms with Crippen LogP contribution >= 0.6 is 0 Å². The SMILES string of the molecule is CN(CCC(C)(C)CN)c1ccc[nH]1. The van der Waals surface area contributed by atoms with Crippen molar-refractivity contribution in [1.29, 1.82) is 0 Å². The van der Waals surface area contributed by atoms with E-state index in [1.54, 1.807) is 0 Å². The minimum atomic E-state index is 0.237. The molecule has 0 aliphatic rings. The van der Waals surface area contributed by atoms with E-state index >= 15 is 0 Å². The van der Waals surface area contributed by atoms with Crippen LogP contribution in [-0.4, -0.2) is 25.1 Å². The van der Waals surface area contributed by atoms with Gasteiger partial charge in [-0.15, -0.1) is 0 Å². The fourth-order valence-electron chi connectivity index (χ4n) is 1.25. The highest BCUT2D eigenvalue weighted by Crippen LogP contribution is 2.19. The first-order valence-corrected chi connectivity index (χ1v) is 5.10. The Bertz CT molecular complexity index is 252. The molecule has 0 aromatic carbocycles. The van der Waals surface area contributed by atoms with Gasteiger partial charge in [-0.05, 0) is 30.5 Å². The summed E-state index contributed by atoms with van der Waals surface area (Å²) in [7, 11) is 2.10. The first-order chi connectivity index (χ1) is 6.55. The van der Waals surface area contributed by atoms with Crippen LogP contribution in [-0.2, 0) is 0 Å². The summed E-state index contributed by atoms with van der Waals surface area (Å²) < 4.78 is 0. The molecule has 0 radical (unpaired) electrons. The second-order valence-corrected chi connectivity index (χ2v) is 4.60. The van der Waals surface area contributed by atoms with Gasteiger partial charge in [-0.1, -0.05) is 13.8 Å². The van der Waals surface area contributed by atoms with Crippen molar-refractivity contribution in [3.05, 3.63) is 18.3 Å². The molecule has 0 bridgehead atoms. The smallest absolute Gasteiger partial charge is 0.105 e. The molecule has 1 aromatic rings. The normalized spacial score (nSPS) is 11.7. The molecule has 0 atom stereocenters. The van der Waals surface area contributed by atoms with Crippen molar-refractivity contribution in [3.63, 3.8) is 0 Å². The maximum absolute atomic E-state index is 5.68. The third-order valence-electron chi connectivity index (χ3n) is 2.67. The van der Waals surface area contributed by atoms with Gasteiger partial charge in [0.2, 0.25) is 0 Å². The van der Waals surface area contributed by atoms with Crippen molar-refractivity contribution in [2.75, 3.05) is 25.0 Å². The lowest BCUT2D eigenvalue weighted by molar-refractivity contribution is 0.351. The van der Waals surface area contributed by atoms with E-state index in [9.17, 15) is 0 Å². The standard InChI is InChI=1S/C11H21N3/c1-11(2,9-12)6-8-14(3)10-5-4-7-13-10/h4-5,7,13H,6,8-9,12H2,1-3H3. The van der Waals surface area contributed by atoms with Crippen LogP contribution in [0, 0.1) is 5.41 Å². The van der Waals surface area contributed by atoms with Crippen molar-refractivity contribution in [1.82, 2.24) is 4.98 Å². The number of aromatic nitrogens is 1. The average molecular weight is 195 g/mol. The zero-order valence-corrected chi connectivity index (χ0v) is 9.38. The highest BCUT2D eigenvalue weighted by Gasteiger charge is 2.16. The minimum Gasteiger partial charge on any atom is -0.361 e. The van der Waals surface area contributed by atoms with Gasteiger partial charge in [-0.3, -0.25) is 0 Å². The van der Waals surface area contributed by atoms with Crippen LogP contribution in [0.2, 0.25) is 0 Å². The fraction of sp³-hybridized carbons (Fsp3) is 0.636. The number of nitrogens with one attached hydrogen (secondary N) is 1. The Balaban J connectivity index is 2.39. The Morgan fingerprint density at radius 1 is 1.50 bits per heavy atom. The molecule has 1 rings (SSSR count). The summed E-state index contributed by atoms with van der Waals surface area (Å²) in [6, 6.07) is 4.09. The van der Waals surface area contributed by atoms with Crippen LogP contribution in [0.5, 0.6) is 0 Å². The van der Waals surface area contributed by atoms with Crippen LogP contribution in [0.4, 0.5) is 5.82 Å². The molecule has 0 saturated heterocycles. The maximum atomic E-state index is 5.68. The molecule has 0 fully saturated rings. The van der Waals surface area contributed by atoms with Crippen LogP contribution < -0.4 is 10.6 Å². The highest BCUT2D eigenvalue weighted by molar-refractivity contribution is 5.37. The van der Waals surface area contributed by atoms with E-state index < -0.39 is 0 Å². The molecule has 1 heterocycles. The van der Waals surface area contributed by atoms with Gasteiger partial charge in [-0.25, -0.2) is 0 Å². The molecule has 1 aromatic heterocycles. The fourth-order valence-corrected chi connectivity index (χ4v) is 1.25. The second-order valence-electron chi connectivity index (χ2n) is 4.60. The number of hydrogen-bond donors (Lipinski definition) is 2. The molecule has 14 heavy (non-hydrogen) atoms. The van der Waals surface area contributed by atoms with Crippen LogP contribution in [0.3, 0.4) is 0 Å². The number of hydrogen-bond acceptors (Lipinski definition) is 2. The van der Waals surface area contributed by atoms with Crippen LogP contribution in [0.1, 0.15) is 20.3 Å². The second kappa shape index (κ2) is 4.51. The number of rotatable bonds is 5. The van der Waals surface area contributed by atoms with E-state index in [2.05, 4.69) is 36.8 Å². The predicted octanol–water partition coefficient (Wildman–Crippen LogP) is 1.83. The molecule has 3 heteroatoms. The summed E-state index contributed by atoms with van der Waals surface area (Å²) in [5.74, 6) is 1.16. The molecule has 3 N–H and O–H groups in total. The third kappa shape index (κ3) is 3.07. The highest BCUT2D eigenvalue weighted by atomic mass is 15.2. The molecule has 0 saturated carbocycles. The van der Waals surface area contributed by atoms with Gasteiger partial charge < -0.3 is 15.6 Å². The van der Waals surface area contributed by atoms with E-state index in [0.717, 1.165) is 25.3 Å². The van der Waals surface area contributed by atoms with Gasteiger partial charge in [0.05, 0.1) is 0 Å². The Morgan fingerprint density at radius 3 is 2.71 bits per heavy atom. The Morgan fingerprint density at radius 2 is 2.21 bits per heavy atom. The van der Waals surface area contributed by atoms with Crippen molar-refractivity contribution in [3.8, 4) is 0 Å². The average Bonchev–Trinajstić information content (AvgIpc) is 2.67. The van der Waals surface area contributed by atoms with E-state index in [-0.39, 0.29) is 5.41 Å². The molecular formula is C11H21N3. The number of nitrogens with two attached hydrogens (primary N) is 1. The minimum absolute atomic E-state index is 0.237. The molecule has 3 nitrogen and oxygen atoms in total. The van der Waals surface area contributed by atoms with Gasteiger partial charge in [0.15, 0.2) is 0 Å². The van der Waals surface area contributed by atoms with Gasteiger partial charge in [0.1, 0.15) is 5.82 Å². The summed E-state index contributed by atoms with van der Waals surface area (Å²) >= 11 is 0. The summed E-state index contributed by atoms with van der Waals surface area (Å²) in [5.41, 5.74) is 5.92. The zero-order valence-electron chi connectivity index (χ0n) is 9.38. The lowest BCUT2D eigenvalue weighted by Gasteiger charge is -2.26. The van der Waals surface area contributed by atoms with E-state index in [1.165, 1.54) is 0 Å². The van der Waals surface area contributed by atoms with Crippen LogP contribution in [0.15, 0.2) is 18.3 Å². The number of aromatic amines is 1. The van der Waals surface area contributed by atoms with E-state index in [0.29, 0.717) is 0 Å². The maximum Gasteiger partial charge on any atom is 0.105 e. The summed E-state index contributed by atoms with van der Waals surface area (Å²) in [5, 5.41) is 0. The number of H-pyrrole nitrogens is 1. The Hall–Kier alpha value is -0.960. The molecule has 0 spiro atoms. The van der Waals surface area contributed by atoms with Gasteiger partial charge in [0, 0.05) is 19.8 Å². The predicted molar refractivity (Wildman–Crippen MR) is 61.5 cm³/mol.